The Bertz CT molecular complexity index is 648. The Kier molecular flexibility index (Phi) is 4.60. The minimum atomic E-state index is 0.0517. The predicted octanol–water partition coefficient (Wildman–Crippen LogP) is 1.76. The highest BCUT2D eigenvalue weighted by atomic mass is 32.1. The van der Waals surface area contributed by atoms with Gasteiger partial charge in [0, 0.05) is 24.0 Å². The van der Waals surface area contributed by atoms with Crippen LogP contribution in [0.2, 0.25) is 0 Å². The van der Waals surface area contributed by atoms with E-state index in [2.05, 4.69) is 30.3 Å². The van der Waals surface area contributed by atoms with Crippen molar-refractivity contribution in [1.82, 2.24) is 10.2 Å². The van der Waals surface area contributed by atoms with Gasteiger partial charge in [-0.25, -0.2) is 0 Å². The number of fused-ring (bicyclic) bond motifs is 2. The molecule has 0 spiro atoms. The Balaban J connectivity index is 1.79. The number of hydrogen-bond donors (Lipinski definition) is 2. The van der Waals surface area contributed by atoms with E-state index in [4.69, 9.17) is 5.73 Å². The molecule has 3 atom stereocenters. The molecule has 0 bridgehead atoms. The summed E-state index contributed by atoms with van der Waals surface area (Å²) in [5, 5.41) is 13.0. The number of thiophene rings is 1. The molecule has 1 aromatic rings. The molecule has 0 radical (unpaired) electrons. The maximum absolute atomic E-state index is 12.3. The molecule has 5 nitrogen and oxygen atoms in total. The molecule has 2 heterocycles. The molecule has 6 heteroatoms. The molecule has 0 unspecified atom stereocenters. The van der Waals surface area contributed by atoms with Gasteiger partial charge in [-0.15, -0.1) is 11.3 Å². The molecule has 1 fully saturated rings. The van der Waals surface area contributed by atoms with Crippen LogP contribution in [0.15, 0.2) is 0 Å². The molecule has 124 valence electrons. The first-order valence-corrected chi connectivity index (χ1v) is 9.14. The van der Waals surface area contributed by atoms with Gasteiger partial charge in [-0.1, -0.05) is 6.92 Å². The molecule has 3 rings (SSSR count). The van der Waals surface area contributed by atoms with E-state index in [1.54, 1.807) is 11.3 Å². The third kappa shape index (κ3) is 2.96. The molecule has 2 aliphatic rings. The second kappa shape index (κ2) is 6.50. The van der Waals surface area contributed by atoms with E-state index in [0.717, 1.165) is 44.3 Å². The van der Waals surface area contributed by atoms with Crippen LogP contribution in [-0.4, -0.2) is 37.0 Å². The fourth-order valence-corrected chi connectivity index (χ4v) is 5.15. The van der Waals surface area contributed by atoms with Crippen molar-refractivity contribution < 1.29 is 4.79 Å². The number of anilines is 1. The highest BCUT2D eigenvalue weighted by Crippen LogP contribution is 2.42. The summed E-state index contributed by atoms with van der Waals surface area (Å²) < 4.78 is 0. The quantitative estimate of drug-likeness (QED) is 0.884. The number of nitrogens with zero attached hydrogens (tertiary/aromatic N) is 2. The number of nitrogen functional groups attached to an aromatic ring is 1. The maximum Gasteiger partial charge on any atom is 0.224 e. The number of likely N-dealkylation sites (tertiary alicyclic amines) is 1. The van der Waals surface area contributed by atoms with E-state index in [0.29, 0.717) is 22.5 Å². The van der Waals surface area contributed by atoms with E-state index < -0.39 is 0 Å². The Hall–Kier alpha value is -1.58. The van der Waals surface area contributed by atoms with Gasteiger partial charge in [0.1, 0.15) is 11.1 Å². The van der Waals surface area contributed by atoms with E-state index in [9.17, 15) is 10.1 Å². The molecule has 3 N–H and O–H groups in total. The van der Waals surface area contributed by atoms with Crippen LogP contribution in [0.4, 0.5) is 5.00 Å². The highest BCUT2D eigenvalue weighted by molar-refractivity contribution is 7.16. The molecule has 1 aliphatic carbocycles. The third-order valence-corrected chi connectivity index (χ3v) is 6.30. The van der Waals surface area contributed by atoms with Gasteiger partial charge in [0.05, 0.1) is 11.5 Å². The van der Waals surface area contributed by atoms with Crippen molar-refractivity contribution in [2.45, 2.75) is 38.6 Å². The number of nitrogens with two attached hydrogens (primary N) is 1. The summed E-state index contributed by atoms with van der Waals surface area (Å²) in [6.45, 7) is 3.63. The molecule has 23 heavy (non-hydrogen) atoms. The summed E-state index contributed by atoms with van der Waals surface area (Å²) in [6.07, 6.45) is 3.70. The van der Waals surface area contributed by atoms with Gasteiger partial charge in [0.15, 0.2) is 0 Å². The summed E-state index contributed by atoms with van der Waals surface area (Å²) in [5.74, 6) is 0.656. The first-order valence-electron chi connectivity index (χ1n) is 8.33. The van der Waals surface area contributed by atoms with Gasteiger partial charge in [0.2, 0.25) is 5.91 Å². The Morgan fingerprint density at radius 1 is 1.52 bits per heavy atom. The van der Waals surface area contributed by atoms with E-state index in [1.165, 1.54) is 4.88 Å². The van der Waals surface area contributed by atoms with E-state index in [-0.39, 0.29) is 11.8 Å². The van der Waals surface area contributed by atoms with Crippen molar-refractivity contribution >= 4 is 22.2 Å². The lowest BCUT2D eigenvalue weighted by atomic mass is 9.74. The van der Waals surface area contributed by atoms with Crippen molar-refractivity contribution in [1.29, 1.82) is 5.26 Å². The van der Waals surface area contributed by atoms with Gasteiger partial charge in [0.25, 0.3) is 0 Å². The smallest absolute Gasteiger partial charge is 0.224 e. The highest BCUT2D eigenvalue weighted by Gasteiger charge is 2.41. The number of likely N-dealkylation sites (N-methyl/N-ethyl adjacent to an activating group) is 1. The number of carbonyl (C=O) groups excluding carboxylic acids is 1. The second-order valence-corrected chi connectivity index (χ2v) is 7.89. The molecule has 1 aliphatic heterocycles. The zero-order valence-electron chi connectivity index (χ0n) is 13.8. The lowest BCUT2D eigenvalue weighted by Crippen LogP contribution is -2.53. The number of rotatable bonds is 3. The second-order valence-electron chi connectivity index (χ2n) is 6.75. The fraction of sp³-hybridized carbons (Fsp3) is 0.647. The average Bonchev–Trinajstić information content (AvgIpc) is 2.84. The number of nitrogens with one attached hydrogen (secondary N) is 1. The van der Waals surface area contributed by atoms with Gasteiger partial charge in [-0.05, 0) is 44.2 Å². The third-order valence-electron chi connectivity index (χ3n) is 5.22. The Morgan fingerprint density at radius 3 is 3.00 bits per heavy atom. The van der Waals surface area contributed by atoms with Crippen LogP contribution in [0.25, 0.3) is 0 Å². The molecular formula is C17H24N4OS. The lowest BCUT2D eigenvalue weighted by molar-refractivity contribution is -0.128. The first kappa shape index (κ1) is 16.3. The van der Waals surface area contributed by atoms with Crippen LogP contribution in [-0.2, 0) is 17.6 Å². The minimum Gasteiger partial charge on any atom is -0.389 e. The molecule has 1 amide bonds. The summed E-state index contributed by atoms with van der Waals surface area (Å²) in [4.78, 5) is 15.9. The average molecular weight is 332 g/mol. The van der Waals surface area contributed by atoms with Crippen LogP contribution in [0.3, 0.4) is 0 Å². The fourth-order valence-electron chi connectivity index (χ4n) is 4.05. The summed E-state index contributed by atoms with van der Waals surface area (Å²) in [5.41, 5.74) is 7.81. The topological polar surface area (TPSA) is 82.1 Å². The van der Waals surface area contributed by atoms with Gasteiger partial charge in [-0.2, -0.15) is 5.26 Å². The normalized spacial score (nSPS) is 26.9. The molecule has 1 saturated heterocycles. The van der Waals surface area contributed by atoms with Gasteiger partial charge in [-0.3, -0.25) is 4.79 Å². The van der Waals surface area contributed by atoms with Crippen LogP contribution in [0.5, 0.6) is 0 Å². The lowest BCUT2D eigenvalue weighted by Gasteiger charge is -2.45. The largest absolute Gasteiger partial charge is 0.389 e. The maximum atomic E-state index is 12.3. The minimum absolute atomic E-state index is 0.0517. The van der Waals surface area contributed by atoms with Crippen LogP contribution >= 0.6 is 11.3 Å². The van der Waals surface area contributed by atoms with Crippen molar-refractivity contribution in [3.05, 3.63) is 16.0 Å². The van der Waals surface area contributed by atoms with E-state index >= 15 is 0 Å². The number of amides is 1. The standard InChI is InChI=1S/C17H24N4OS/c1-3-4-20-17(22)11-5-10-6-12-13(8-18)16(19)23-15(12)7-14(10)21(2)9-11/h10-11,14H,3-7,9,19H2,1-2H3,(H,20,22)/t10-,11-,14-/m1/s1. The first-order chi connectivity index (χ1) is 11.0. The van der Waals surface area contributed by atoms with Crippen molar-refractivity contribution in [3.63, 3.8) is 0 Å². The molecule has 0 saturated carbocycles. The zero-order chi connectivity index (χ0) is 16.6. The van der Waals surface area contributed by atoms with Crippen LogP contribution in [0, 0.1) is 23.2 Å². The van der Waals surface area contributed by atoms with E-state index in [1.807, 2.05) is 0 Å². The van der Waals surface area contributed by atoms with Crippen molar-refractivity contribution in [3.8, 4) is 6.07 Å². The summed E-state index contributed by atoms with van der Waals surface area (Å²) in [6, 6.07) is 2.73. The van der Waals surface area contributed by atoms with Gasteiger partial charge >= 0.3 is 0 Å². The monoisotopic (exact) mass is 332 g/mol. The molecular weight excluding hydrogens is 308 g/mol. The Labute approximate surface area is 141 Å². The SMILES string of the molecule is CCCNC(=O)[C@@H]1C[C@@H]2Cc3c(sc(N)c3C#N)C[C@H]2N(C)C1. The van der Waals surface area contributed by atoms with Crippen LogP contribution < -0.4 is 11.1 Å². The summed E-state index contributed by atoms with van der Waals surface area (Å²) in [7, 11) is 2.12. The van der Waals surface area contributed by atoms with Gasteiger partial charge < -0.3 is 16.0 Å². The number of carbonyl (C=O) groups is 1. The van der Waals surface area contributed by atoms with Crippen molar-refractivity contribution in [2.75, 3.05) is 25.9 Å². The number of hydrogen-bond acceptors (Lipinski definition) is 5. The number of piperidine rings is 1. The summed E-state index contributed by atoms with van der Waals surface area (Å²) >= 11 is 1.57. The number of nitriles is 1. The zero-order valence-corrected chi connectivity index (χ0v) is 14.6. The van der Waals surface area contributed by atoms with Crippen LogP contribution in [0.1, 0.15) is 35.8 Å². The predicted molar refractivity (Wildman–Crippen MR) is 92.2 cm³/mol. The Morgan fingerprint density at radius 2 is 2.30 bits per heavy atom. The molecule has 0 aromatic carbocycles. The van der Waals surface area contributed by atoms with Crippen molar-refractivity contribution in [2.24, 2.45) is 11.8 Å². The molecule has 1 aromatic heterocycles.